The topological polar surface area (TPSA) is 64.8 Å². The van der Waals surface area contributed by atoms with Crippen LogP contribution in [0.3, 0.4) is 0 Å². The maximum absolute atomic E-state index is 11.6. The molecule has 3 rings (SSSR count). The second-order valence-electron chi connectivity index (χ2n) is 5.65. The quantitative estimate of drug-likeness (QED) is 0.797. The van der Waals surface area contributed by atoms with Gasteiger partial charge in [0.2, 0.25) is 5.91 Å². The Morgan fingerprint density at radius 1 is 1.43 bits per heavy atom. The fourth-order valence-corrected chi connectivity index (χ4v) is 3.13. The van der Waals surface area contributed by atoms with Crippen molar-refractivity contribution < 1.29 is 14.3 Å². The molecule has 0 spiro atoms. The van der Waals surface area contributed by atoms with Crippen LogP contribution in [0.15, 0.2) is 24.3 Å². The average molecular weight is 290 g/mol. The summed E-state index contributed by atoms with van der Waals surface area (Å²) >= 11 is 0. The SMILES string of the molecule is NC(=O)[C@@H]1Cc2ccccc2N1CCOCC1CCCO1. The van der Waals surface area contributed by atoms with Gasteiger partial charge in [0, 0.05) is 25.3 Å². The number of nitrogens with two attached hydrogens (primary N) is 1. The molecule has 1 aromatic rings. The first kappa shape index (κ1) is 14.4. The van der Waals surface area contributed by atoms with Crippen LogP contribution in [0.25, 0.3) is 0 Å². The van der Waals surface area contributed by atoms with Crippen molar-refractivity contribution in [2.45, 2.75) is 31.4 Å². The highest BCUT2D eigenvalue weighted by molar-refractivity contribution is 5.86. The third kappa shape index (κ3) is 3.19. The van der Waals surface area contributed by atoms with E-state index in [-0.39, 0.29) is 18.1 Å². The first-order valence-corrected chi connectivity index (χ1v) is 7.59. The van der Waals surface area contributed by atoms with Crippen molar-refractivity contribution in [1.29, 1.82) is 0 Å². The molecular weight excluding hydrogens is 268 g/mol. The lowest BCUT2D eigenvalue weighted by Crippen LogP contribution is -2.44. The van der Waals surface area contributed by atoms with Crippen LogP contribution in [0, 0.1) is 0 Å². The Bertz CT molecular complexity index is 500. The van der Waals surface area contributed by atoms with Gasteiger partial charge in [-0.05, 0) is 24.5 Å². The van der Waals surface area contributed by atoms with E-state index in [0.29, 0.717) is 26.2 Å². The Morgan fingerprint density at radius 3 is 3.05 bits per heavy atom. The van der Waals surface area contributed by atoms with Crippen molar-refractivity contribution >= 4 is 11.6 Å². The highest BCUT2D eigenvalue weighted by Gasteiger charge is 2.32. The summed E-state index contributed by atoms with van der Waals surface area (Å²) in [6.07, 6.45) is 3.13. The van der Waals surface area contributed by atoms with Gasteiger partial charge in [-0.2, -0.15) is 0 Å². The molecule has 0 radical (unpaired) electrons. The Morgan fingerprint density at radius 2 is 2.29 bits per heavy atom. The molecule has 114 valence electrons. The van der Waals surface area contributed by atoms with Crippen LogP contribution < -0.4 is 10.6 Å². The number of primary amides is 1. The van der Waals surface area contributed by atoms with Crippen LogP contribution in [-0.4, -0.2) is 44.4 Å². The normalized spacial score (nSPS) is 24.3. The first-order valence-electron chi connectivity index (χ1n) is 7.59. The molecule has 2 aliphatic heterocycles. The molecule has 21 heavy (non-hydrogen) atoms. The van der Waals surface area contributed by atoms with E-state index >= 15 is 0 Å². The molecule has 1 saturated heterocycles. The third-order valence-electron chi connectivity index (χ3n) is 4.22. The minimum Gasteiger partial charge on any atom is -0.377 e. The van der Waals surface area contributed by atoms with E-state index in [1.54, 1.807) is 0 Å². The number of fused-ring (bicyclic) bond motifs is 1. The van der Waals surface area contributed by atoms with Gasteiger partial charge >= 0.3 is 0 Å². The van der Waals surface area contributed by atoms with Crippen molar-refractivity contribution in [3.8, 4) is 0 Å². The molecule has 5 nitrogen and oxygen atoms in total. The second kappa shape index (κ2) is 6.45. The van der Waals surface area contributed by atoms with E-state index in [2.05, 4.69) is 11.0 Å². The van der Waals surface area contributed by atoms with Gasteiger partial charge in [-0.1, -0.05) is 18.2 Å². The summed E-state index contributed by atoms with van der Waals surface area (Å²) in [7, 11) is 0. The predicted molar refractivity (Wildman–Crippen MR) is 80.3 cm³/mol. The molecule has 5 heteroatoms. The number of hydrogen-bond donors (Lipinski definition) is 1. The van der Waals surface area contributed by atoms with Gasteiger partial charge in [0.05, 0.1) is 19.3 Å². The zero-order valence-electron chi connectivity index (χ0n) is 12.2. The number of rotatable bonds is 6. The lowest BCUT2D eigenvalue weighted by atomic mass is 10.1. The molecule has 0 aliphatic carbocycles. The summed E-state index contributed by atoms with van der Waals surface area (Å²) in [5, 5.41) is 0. The molecule has 0 bridgehead atoms. The largest absolute Gasteiger partial charge is 0.377 e. The van der Waals surface area contributed by atoms with Gasteiger partial charge in [0.15, 0.2) is 0 Å². The lowest BCUT2D eigenvalue weighted by molar-refractivity contribution is -0.119. The van der Waals surface area contributed by atoms with Crippen molar-refractivity contribution in [3.05, 3.63) is 29.8 Å². The molecular formula is C16H22N2O3. The molecule has 1 aromatic carbocycles. The Balaban J connectivity index is 1.55. The van der Waals surface area contributed by atoms with E-state index in [1.165, 1.54) is 5.56 Å². The second-order valence-corrected chi connectivity index (χ2v) is 5.65. The first-order chi connectivity index (χ1) is 10.3. The van der Waals surface area contributed by atoms with Crippen LogP contribution in [0.5, 0.6) is 0 Å². The van der Waals surface area contributed by atoms with Crippen LogP contribution in [0.4, 0.5) is 5.69 Å². The zero-order chi connectivity index (χ0) is 14.7. The number of hydrogen-bond acceptors (Lipinski definition) is 4. The zero-order valence-corrected chi connectivity index (χ0v) is 12.2. The standard InChI is InChI=1S/C16H22N2O3/c17-16(19)15-10-12-4-1-2-6-14(12)18(15)7-9-20-11-13-5-3-8-21-13/h1-2,4,6,13,15H,3,5,7-11H2,(H2,17,19)/t13?,15-/m0/s1. The van der Waals surface area contributed by atoms with Gasteiger partial charge in [-0.15, -0.1) is 0 Å². The summed E-state index contributed by atoms with van der Waals surface area (Å²) in [6, 6.07) is 7.82. The van der Waals surface area contributed by atoms with E-state index in [0.717, 1.165) is 25.1 Å². The van der Waals surface area contributed by atoms with Crippen molar-refractivity contribution in [3.63, 3.8) is 0 Å². The van der Waals surface area contributed by atoms with Gasteiger partial charge in [0.1, 0.15) is 6.04 Å². The summed E-state index contributed by atoms with van der Waals surface area (Å²) in [5.41, 5.74) is 7.81. The van der Waals surface area contributed by atoms with Gasteiger partial charge < -0.3 is 20.1 Å². The number of carbonyl (C=O) groups excluding carboxylic acids is 1. The van der Waals surface area contributed by atoms with Crippen molar-refractivity contribution in [2.24, 2.45) is 5.73 Å². The number of anilines is 1. The Labute approximate surface area is 125 Å². The van der Waals surface area contributed by atoms with Crippen LogP contribution in [-0.2, 0) is 20.7 Å². The van der Waals surface area contributed by atoms with Gasteiger partial charge in [-0.25, -0.2) is 0 Å². The summed E-state index contributed by atoms with van der Waals surface area (Å²) in [6.45, 7) is 2.74. The van der Waals surface area contributed by atoms with Crippen LogP contribution >= 0.6 is 0 Å². The van der Waals surface area contributed by atoms with E-state index in [9.17, 15) is 4.79 Å². The fourth-order valence-electron chi connectivity index (χ4n) is 3.13. The molecule has 1 amide bonds. The molecule has 2 heterocycles. The summed E-state index contributed by atoms with van der Waals surface area (Å²) in [5.74, 6) is -0.273. The van der Waals surface area contributed by atoms with Crippen LogP contribution in [0.2, 0.25) is 0 Å². The minimum atomic E-state index is -0.273. The Hall–Kier alpha value is -1.59. The molecule has 1 fully saturated rings. The van der Waals surface area contributed by atoms with Crippen molar-refractivity contribution in [2.75, 3.05) is 31.3 Å². The van der Waals surface area contributed by atoms with E-state index in [1.807, 2.05) is 18.2 Å². The maximum Gasteiger partial charge on any atom is 0.240 e. The Kier molecular flexibility index (Phi) is 4.41. The smallest absolute Gasteiger partial charge is 0.240 e. The molecule has 0 aromatic heterocycles. The highest BCUT2D eigenvalue weighted by atomic mass is 16.5. The van der Waals surface area contributed by atoms with Gasteiger partial charge in [-0.3, -0.25) is 4.79 Å². The average Bonchev–Trinajstić information content (AvgIpc) is 3.11. The van der Waals surface area contributed by atoms with Crippen molar-refractivity contribution in [1.82, 2.24) is 0 Å². The molecule has 1 unspecified atom stereocenters. The molecule has 2 aliphatic rings. The number of para-hydroxylation sites is 1. The molecule has 2 N–H and O–H groups in total. The van der Waals surface area contributed by atoms with E-state index in [4.69, 9.17) is 15.2 Å². The summed E-state index contributed by atoms with van der Waals surface area (Å²) < 4.78 is 11.2. The molecule has 0 saturated carbocycles. The number of benzene rings is 1. The number of amides is 1. The summed E-state index contributed by atoms with van der Waals surface area (Å²) in [4.78, 5) is 13.7. The minimum absolute atomic E-state index is 0.239. The third-order valence-corrected chi connectivity index (χ3v) is 4.22. The predicted octanol–water partition coefficient (Wildman–Crippen LogP) is 1.10. The van der Waals surface area contributed by atoms with Crippen LogP contribution in [0.1, 0.15) is 18.4 Å². The monoisotopic (exact) mass is 290 g/mol. The number of nitrogens with zero attached hydrogens (tertiary/aromatic N) is 1. The van der Waals surface area contributed by atoms with E-state index < -0.39 is 0 Å². The number of carbonyl (C=O) groups is 1. The van der Waals surface area contributed by atoms with Gasteiger partial charge in [0.25, 0.3) is 0 Å². The highest BCUT2D eigenvalue weighted by Crippen LogP contribution is 2.31. The maximum atomic E-state index is 11.6. The fraction of sp³-hybridized carbons (Fsp3) is 0.562. The lowest BCUT2D eigenvalue weighted by Gasteiger charge is -2.25. The molecule has 2 atom stereocenters. The number of ether oxygens (including phenoxy) is 2.